The maximum absolute atomic E-state index is 12.4. The second-order valence-electron chi connectivity index (χ2n) is 5.78. The van der Waals surface area contributed by atoms with Gasteiger partial charge < -0.3 is 15.6 Å². The van der Waals surface area contributed by atoms with Crippen molar-refractivity contribution >= 4 is 22.4 Å². The summed E-state index contributed by atoms with van der Waals surface area (Å²) in [6.45, 7) is 2.33. The molecule has 0 bridgehead atoms. The third kappa shape index (κ3) is 3.26. The fourth-order valence-corrected chi connectivity index (χ4v) is 2.72. The summed E-state index contributed by atoms with van der Waals surface area (Å²) in [5.41, 5.74) is 7.73. The second-order valence-corrected chi connectivity index (χ2v) is 5.78. The summed E-state index contributed by atoms with van der Waals surface area (Å²) in [7, 11) is 0. The number of rotatable bonds is 5. The second kappa shape index (κ2) is 7.21. The van der Waals surface area contributed by atoms with Crippen LogP contribution >= 0.6 is 0 Å². The molecule has 0 saturated heterocycles. The van der Waals surface area contributed by atoms with Gasteiger partial charge in [0.1, 0.15) is 5.75 Å². The van der Waals surface area contributed by atoms with Crippen LogP contribution in [0.4, 0.5) is 5.69 Å². The molecule has 1 heterocycles. The van der Waals surface area contributed by atoms with Crippen LogP contribution in [0.5, 0.6) is 5.75 Å². The molecule has 0 aliphatic heterocycles. The Labute approximate surface area is 146 Å². The predicted molar refractivity (Wildman–Crippen MR) is 98.4 cm³/mol. The molecule has 0 radical (unpaired) electrons. The Hall–Kier alpha value is -3.08. The zero-order chi connectivity index (χ0) is 17.8. The Kier molecular flexibility index (Phi) is 4.84. The van der Waals surface area contributed by atoms with Gasteiger partial charge in [-0.1, -0.05) is 55.8 Å². The van der Waals surface area contributed by atoms with Gasteiger partial charge in [0, 0.05) is 10.9 Å². The molecule has 25 heavy (non-hydrogen) atoms. The summed E-state index contributed by atoms with van der Waals surface area (Å²) in [5, 5.41) is 11.4. The zero-order valence-electron chi connectivity index (χ0n) is 14.0. The van der Waals surface area contributed by atoms with Crippen LogP contribution in [0.2, 0.25) is 0 Å². The number of aromatic hydroxyl groups is 1. The number of pyridine rings is 1. The van der Waals surface area contributed by atoms with Crippen molar-refractivity contribution in [1.29, 1.82) is 0 Å². The summed E-state index contributed by atoms with van der Waals surface area (Å²) in [6.07, 6.45) is 1.69. The highest BCUT2D eigenvalue weighted by molar-refractivity contribution is 6.10. The lowest BCUT2D eigenvalue weighted by Gasteiger charge is -2.14. The molecule has 2 aromatic carbocycles. The lowest BCUT2D eigenvalue weighted by Crippen LogP contribution is -2.12. The fourth-order valence-electron chi connectivity index (χ4n) is 2.72. The van der Waals surface area contributed by atoms with E-state index in [-0.39, 0.29) is 17.1 Å². The molecule has 5 heteroatoms. The first-order valence-electron chi connectivity index (χ1n) is 8.27. The summed E-state index contributed by atoms with van der Waals surface area (Å²) >= 11 is 0. The summed E-state index contributed by atoms with van der Waals surface area (Å²) in [5.74, 6) is -0.564. The third-order valence-electron chi connectivity index (χ3n) is 4.02. The number of nitrogens with zero attached hydrogens (tertiary/aromatic N) is 1. The molecule has 0 spiro atoms. The van der Waals surface area contributed by atoms with Gasteiger partial charge in [-0.05, 0) is 12.5 Å². The molecule has 0 fully saturated rings. The molecule has 3 aromatic rings. The van der Waals surface area contributed by atoms with Gasteiger partial charge in [-0.15, -0.1) is 0 Å². The van der Waals surface area contributed by atoms with Gasteiger partial charge in [-0.2, -0.15) is 0 Å². The monoisotopic (exact) mass is 336 g/mol. The average Bonchev–Trinajstić information content (AvgIpc) is 2.63. The topological polar surface area (TPSA) is 85.4 Å². The molecule has 128 valence electrons. The maximum Gasteiger partial charge on any atom is 0.359 e. The Morgan fingerprint density at radius 2 is 1.92 bits per heavy atom. The van der Waals surface area contributed by atoms with Crippen molar-refractivity contribution < 1.29 is 14.6 Å². The molecule has 0 saturated carbocycles. The van der Waals surface area contributed by atoms with E-state index in [1.165, 1.54) is 0 Å². The standard InChI is InChI=1S/C20H20N2O3/c1-2-3-12-25-20(24)19-17(21)16-14(10-7-11-15(16)23)18(22-19)13-8-5-4-6-9-13/h4-11,23H,2-3,12,21H2,1H3. The lowest BCUT2D eigenvalue weighted by molar-refractivity contribution is 0.0494. The predicted octanol–water partition coefficient (Wildman–Crippen LogP) is 4.15. The number of aromatic nitrogens is 1. The van der Waals surface area contributed by atoms with Crippen molar-refractivity contribution in [1.82, 2.24) is 4.98 Å². The Balaban J connectivity index is 2.20. The van der Waals surface area contributed by atoms with Crippen LogP contribution < -0.4 is 5.73 Å². The molecule has 3 rings (SSSR count). The summed E-state index contributed by atoms with van der Waals surface area (Å²) in [4.78, 5) is 16.9. The average molecular weight is 336 g/mol. The number of carbonyl (C=O) groups excluding carboxylic acids is 1. The van der Waals surface area contributed by atoms with Crippen molar-refractivity contribution in [3.63, 3.8) is 0 Å². The van der Waals surface area contributed by atoms with Crippen LogP contribution in [0.15, 0.2) is 48.5 Å². The number of phenolic OH excluding ortho intramolecular Hbond substituents is 1. The molecule has 0 unspecified atom stereocenters. The van der Waals surface area contributed by atoms with E-state index in [0.717, 1.165) is 18.4 Å². The van der Waals surface area contributed by atoms with Crippen molar-refractivity contribution in [2.75, 3.05) is 12.3 Å². The van der Waals surface area contributed by atoms with Crippen LogP contribution in [0.25, 0.3) is 22.0 Å². The first-order valence-corrected chi connectivity index (χ1v) is 8.27. The first kappa shape index (κ1) is 16.8. The SMILES string of the molecule is CCCCOC(=O)c1nc(-c2ccccc2)c2cccc(O)c2c1N. The van der Waals surface area contributed by atoms with E-state index >= 15 is 0 Å². The van der Waals surface area contributed by atoms with Gasteiger partial charge in [-0.3, -0.25) is 0 Å². The molecular weight excluding hydrogens is 316 g/mol. The van der Waals surface area contributed by atoms with Crippen molar-refractivity contribution in [2.45, 2.75) is 19.8 Å². The van der Waals surface area contributed by atoms with Crippen LogP contribution in [-0.4, -0.2) is 22.7 Å². The number of hydrogen-bond donors (Lipinski definition) is 2. The van der Waals surface area contributed by atoms with E-state index in [9.17, 15) is 9.90 Å². The number of phenols is 1. The van der Waals surface area contributed by atoms with Crippen molar-refractivity contribution in [3.05, 3.63) is 54.2 Å². The van der Waals surface area contributed by atoms with Gasteiger partial charge in [-0.25, -0.2) is 9.78 Å². The van der Waals surface area contributed by atoms with Crippen LogP contribution in [-0.2, 0) is 4.74 Å². The summed E-state index contributed by atoms with van der Waals surface area (Å²) in [6, 6.07) is 14.6. The highest BCUT2D eigenvalue weighted by Gasteiger charge is 2.21. The van der Waals surface area contributed by atoms with Gasteiger partial charge in [0.25, 0.3) is 0 Å². The highest BCUT2D eigenvalue weighted by Crippen LogP contribution is 2.37. The summed E-state index contributed by atoms with van der Waals surface area (Å²) < 4.78 is 5.27. The molecule has 5 nitrogen and oxygen atoms in total. The smallest absolute Gasteiger partial charge is 0.359 e. The Morgan fingerprint density at radius 1 is 1.16 bits per heavy atom. The Morgan fingerprint density at radius 3 is 2.64 bits per heavy atom. The number of nitrogens with two attached hydrogens (primary N) is 1. The third-order valence-corrected chi connectivity index (χ3v) is 4.02. The van der Waals surface area contributed by atoms with E-state index < -0.39 is 5.97 Å². The van der Waals surface area contributed by atoms with E-state index in [2.05, 4.69) is 4.98 Å². The quantitative estimate of drug-likeness (QED) is 0.540. The van der Waals surface area contributed by atoms with Gasteiger partial charge in [0.05, 0.1) is 23.4 Å². The molecule has 0 amide bonds. The number of esters is 1. The maximum atomic E-state index is 12.4. The number of anilines is 1. The van der Waals surface area contributed by atoms with Crippen molar-refractivity contribution in [3.8, 4) is 17.0 Å². The van der Waals surface area contributed by atoms with Crippen LogP contribution in [0.3, 0.4) is 0 Å². The fraction of sp³-hybridized carbons (Fsp3) is 0.200. The zero-order valence-corrected chi connectivity index (χ0v) is 14.0. The van der Waals surface area contributed by atoms with E-state index in [4.69, 9.17) is 10.5 Å². The molecular formula is C20H20N2O3. The van der Waals surface area contributed by atoms with Gasteiger partial charge in [0.2, 0.25) is 0 Å². The minimum atomic E-state index is -0.576. The minimum absolute atomic E-state index is 0.0113. The normalized spacial score (nSPS) is 10.8. The van der Waals surface area contributed by atoms with E-state index in [1.807, 2.05) is 43.3 Å². The number of hydrogen-bond acceptors (Lipinski definition) is 5. The number of benzene rings is 2. The Bertz CT molecular complexity index is 908. The number of ether oxygens (including phenoxy) is 1. The van der Waals surface area contributed by atoms with Crippen LogP contribution in [0, 0.1) is 0 Å². The van der Waals surface area contributed by atoms with E-state index in [1.54, 1.807) is 12.1 Å². The van der Waals surface area contributed by atoms with Gasteiger partial charge >= 0.3 is 5.97 Å². The molecule has 0 aliphatic rings. The number of fused-ring (bicyclic) bond motifs is 1. The van der Waals surface area contributed by atoms with Crippen molar-refractivity contribution in [2.24, 2.45) is 0 Å². The van der Waals surface area contributed by atoms with E-state index in [0.29, 0.717) is 23.1 Å². The number of unbranched alkanes of at least 4 members (excludes halogenated alkanes) is 1. The van der Waals surface area contributed by atoms with Crippen LogP contribution in [0.1, 0.15) is 30.3 Å². The largest absolute Gasteiger partial charge is 0.507 e. The molecule has 0 aliphatic carbocycles. The first-order chi connectivity index (χ1) is 12.1. The number of carbonyl (C=O) groups is 1. The molecule has 0 atom stereocenters. The highest BCUT2D eigenvalue weighted by atomic mass is 16.5. The molecule has 3 N–H and O–H groups in total. The lowest BCUT2D eigenvalue weighted by atomic mass is 10.0. The number of nitrogen functional groups attached to an aromatic ring is 1. The molecule has 1 aromatic heterocycles. The minimum Gasteiger partial charge on any atom is -0.507 e. The van der Waals surface area contributed by atoms with Gasteiger partial charge in [0.15, 0.2) is 5.69 Å².